The van der Waals surface area contributed by atoms with Crippen LogP contribution in [-0.4, -0.2) is 29.0 Å². The van der Waals surface area contributed by atoms with E-state index in [2.05, 4.69) is 9.55 Å². The highest BCUT2D eigenvalue weighted by Gasteiger charge is 2.31. The maximum absolute atomic E-state index is 12.1. The Hall–Kier alpha value is -0.880. The van der Waals surface area contributed by atoms with Gasteiger partial charge in [0.15, 0.2) is 9.84 Å². The molecular formula is C13H21N3O2S. The fourth-order valence-corrected chi connectivity index (χ4v) is 5.12. The van der Waals surface area contributed by atoms with Crippen molar-refractivity contribution in [3.8, 4) is 0 Å². The van der Waals surface area contributed by atoms with Crippen molar-refractivity contribution in [3.05, 3.63) is 17.7 Å². The smallest absolute Gasteiger partial charge is 0.153 e. The van der Waals surface area contributed by atoms with Crippen molar-refractivity contribution in [2.24, 2.45) is 5.73 Å². The van der Waals surface area contributed by atoms with Crippen molar-refractivity contribution >= 4 is 9.84 Å². The second-order valence-corrected chi connectivity index (χ2v) is 8.08. The maximum Gasteiger partial charge on any atom is 0.153 e. The molecule has 6 heteroatoms. The lowest BCUT2D eigenvalue weighted by molar-refractivity contribution is 0.398. The number of nitrogens with zero attached hydrogens (tertiary/aromatic N) is 2. The van der Waals surface area contributed by atoms with Crippen LogP contribution < -0.4 is 5.73 Å². The fourth-order valence-electron chi connectivity index (χ4n) is 3.26. The number of hydrogen-bond donors (Lipinski definition) is 1. The highest BCUT2D eigenvalue weighted by Crippen LogP contribution is 2.27. The predicted octanol–water partition coefficient (Wildman–Crippen LogP) is 1.19. The largest absolute Gasteiger partial charge is 0.316 e. The molecule has 106 valence electrons. The van der Waals surface area contributed by atoms with Crippen LogP contribution in [0.5, 0.6) is 0 Å². The summed E-state index contributed by atoms with van der Waals surface area (Å²) < 4.78 is 26.2. The number of rotatable bonds is 2. The normalized spacial score (nSPS) is 29.9. The zero-order valence-electron chi connectivity index (χ0n) is 11.1. The van der Waals surface area contributed by atoms with E-state index in [-0.39, 0.29) is 11.4 Å². The molecule has 0 saturated carbocycles. The molecule has 2 N–H and O–H groups in total. The van der Waals surface area contributed by atoms with Crippen LogP contribution in [0.15, 0.2) is 6.20 Å². The summed E-state index contributed by atoms with van der Waals surface area (Å²) in [6.07, 6.45) is 7.97. The number of aryl methyl sites for hydroxylation is 1. The van der Waals surface area contributed by atoms with Crippen LogP contribution in [0.3, 0.4) is 0 Å². The van der Waals surface area contributed by atoms with Gasteiger partial charge in [-0.1, -0.05) is 6.42 Å². The van der Waals surface area contributed by atoms with E-state index in [0.717, 1.165) is 50.0 Å². The van der Waals surface area contributed by atoms with Crippen molar-refractivity contribution < 1.29 is 8.42 Å². The highest BCUT2D eigenvalue weighted by atomic mass is 32.2. The molecule has 19 heavy (non-hydrogen) atoms. The highest BCUT2D eigenvalue weighted by molar-refractivity contribution is 7.92. The summed E-state index contributed by atoms with van der Waals surface area (Å²) in [4.78, 5) is 4.43. The van der Waals surface area contributed by atoms with Gasteiger partial charge in [-0.25, -0.2) is 13.4 Å². The summed E-state index contributed by atoms with van der Waals surface area (Å²) >= 11 is 0. The average Bonchev–Trinajstić information content (AvgIpc) is 2.77. The third kappa shape index (κ3) is 2.43. The summed E-state index contributed by atoms with van der Waals surface area (Å²) in [5.74, 6) is 1.19. The number of imidazole rings is 1. The van der Waals surface area contributed by atoms with Gasteiger partial charge in [0, 0.05) is 18.3 Å². The number of fused-ring (bicyclic) bond motifs is 1. The van der Waals surface area contributed by atoms with Crippen LogP contribution in [0.1, 0.15) is 49.8 Å². The van der Waals surface area contributed by atoms with Gasteiger partial charge in [-0.2, -0.15) is 0 Å². The number of nitrogens with two attached hydrogens (primary N) is 1. The molecule has 1 fully saturated rings. The predicted molar refractivity (Wildman–Crippen MR) is 73.5 cm³/mol. The standard InChI is InChI=1S/C13H21N3O2S/c14-12-6-3-4-10-9-15-13(16(10)12)8-11-5-1-2-7-19(11,17)18/h9,11-12H,1-8,14H2. The first kappa shape index (κ1) is 13.1. The number of hydrogen-bond acceptors (Lipinski definition) is 4. The minimum atomic E-state index is -2.94. The Morgan fingerprint density at radius 1 is 1.32 bits per heavy atom. The van der Waals surface area contributed by atoms with E-state index in [9.17, 15) is 8.42 Å². The third-order valence-electron chi connectivity index (χ3n) is 4.34. The second-order valence-electron chi connectivity index (χ2n) is 5.68. The molecule has 1 aromatic rings. The lowest BCUT2D eigenvalue weighted by Gasteiger charge is -2.26. The van der Waals surface area contributed by atoms with E-state index in [1.165, 1.54) is 0 Å². The van der Waals surface area contributed by atoms with Gasteiger partial charge >= 0.3 is 0 Å². The molecule has 5 nitrogen and oxygen atoms in total. The molecule has 2 aliphatic heterocycles. The summed E-state index contributed by atoms with van der Waals surface area (Å²) in [6, 6.07) is 0. The molecule has 2 atom stereocenters. The Kier molecular flexibility index (Phi) is 3.39. The van der Waals surface area contributed by atoms with E-state index >= 15 is 0 Å². The molecule has 3 heterocycles. The van der Waals surface area contributed by atoms with E-state index in [1.54, 1.807) is 0 Å². The zero-order valence-corrected chi connectivity index (χ0v) is 11.9. The Morgan fingerprint density at radius 2 is 2.16 bits per heavy atom. The third-order valence-corrected chi connectivity index (χ3v) is 6.61. The van der Waals surface area contributed by atoms with Crippen molar-refractivity contribution in [3.63, 3.8) is 0 Å². The van der Waals surface area contributed by atoms with Gasteiger partial charge in [0.2, 0.25) is 0 Å². The van der Waals surface area contributed by atoms with Crippen LogP contribution in [0.2, 0.25) is 0 Å². The van der Waals surface area contributed by atoms with Crippen LogP contribution in [0, 0.1) is 0 Å². The summed E-state index contributed by atoms with van der Waals surface area (Å²) in [5, 5.41) is -0.262. The molecule has 0 aliphatic carbocycles. The molecule has 0 aromatic carbocycles. The van der Waals surface area contributed by atoms with Gasteiger partial charge in [-0.3, -0.25) is 0 Å². The molecule has 0 radical (unpaired) electrons. The van der Waals surface area contributed by atoms with E-state index < -0.39 is 9.84 Å². The van der Waals surface area contributed by atoms with Crippen LogP contribution in [-0.2, 0) is 22.7 Å². The summed E-state index contributed by atoms with van der Waals surface area (Å²) in [6.45, 7) is 0. The lowest BCUT2D eigenvalue weighted by atomic mass is 10.1. The monoisotopic (exact) mass is 283 g/mol. The van der Waals surface area contributed by atoms with Gasteiger partial charge in [0.05, 0.1) is 17.2 Å². The van der Waals surface area contributed by atoms with Crippen molar-refractivity contribution in [2.45, 2.75) is 56.4 Å². The van der Waals surface area contributed by atoms with Crippen molar-refractivity contribution in [2.75, 3.05) is 5.75 Å². The van der Waals surface area contributed by atoms with Crippen molar-refractivity contribution in [1.82, 2.24) is 9.55 Å². The van der Waals surface area contributed by atoms with Gasteiger partial charge in [-0.15, -0.1) is 0 Å². The molecule has 0 bridgehead atoms. The van der Waals surface area contributed by atoms with Crippen molar-refractivity contribution in [1.29, 1.82) is 0 Å². The molecule has 2 unspecified atom stereocenters. The van der Waals surface area contributed by atoms with Gasteiger partial charge in [-0.05, 0) is 32.1 Å². The van der Waals surface area contributed by atoms with E-state index in [0.29, 0.717) is 12.2 Å². The minimum absolute atomic E-state index is 0.0347. The van der Waals surface area contributed by atoms with Gasteiger partial charge in [0.25, 0.3) is 0 Å². The van der Waals surface area contributed by atoms with E-state index in [1.807, 2.05) is 6.20 Å². The maximum atomic E-state index is 12.1. The molecule has 3 rings (SSSR count). The fraction of sp³-hybridized carbons (Fsp3) is 0.769. The van der Waals surface area contributed by atoms with Crippen LogP contribution in [0.25, 0.3) is 0 Å². The first-order chi connectivity index (χ1) is 9.08. The quantitative estimate of drug-likeness (QED) is 0.884. The zero-order chi connectivity index (χ0) is 13.5. The molecule has 0 spiro atoms. The average molecular weight is 283 g/mol. The molecular weight excluding hydrogens is 262 g/mol. The molecule has 0 amide bonds. The Morgan fingerprint density at radius 3 is 2.95 bits per heavy atom. The molecule has 2 aliphatic rings. The Balaban J connectivity index is 1.86. The number of sulfone groups is 1. The SMILES string of the molecule is NC1CCCc2cnc(CC3CCCCS3(=O)=O)n21. The molecule has 1 aromatic heterocycles. The first-order valence-corrected chi connectivity index (χ1v) is 8.81. The molecule has 1 saturated heterocycles. The minimum Gasteiger partial charge on any atom is -0.316 e. The van der Waals surface area contributed by atoms with Crippen LogP contribution in [0.4, 0.5) is 0 Å². The number of aromatic nitrogens is 2. The Labute approximate surface area is 114 Å². The summed E-state index contributed by atoms with van der Waals surface area (Å²) in [5.41, 5.74) is 7.29. The van der Waals surface area contributed by atoms with Gasteiger partial charge in [0.1, 0.15) is 5.82 Å². The van der Waals surface area contributed by atoms with Crippen LogP contribution >= 0.6 is 0 Å². The first-order valence-electron chi connectivity index (χ1n) is 7.10. The summed E-state index contributed by atoms with van der Waals surface area (Å²) in [7, 11) is -2.94. The second kappa shape index (κ2) is 4.90. The topological polar surface area (TPSA) is 78.0 Å². The lowest BCUT2D eigenvalue weighted by Crippen LogP contribution is -2.33. The Bertz CT molecular complexity index is 564. The van der Waals surface area contributed by atoms with E-state index in [4.69, 9.17) is 5.73 Å². The van der Waals surface area contributed by atoms with Gasteiger partial charge < -0.3 is 10.3 Å².